The summed E-state index contributed by atoms with van der Waals surface area (Å²) in [5.41, 5.74) is 1.97. The second-order valence-corrected chi connectivity index (χ2v) is 11.2. The van der Waals surface area contributed by atoms with Crippen molar-refractivity contribution in [3.05, 3.63) is 71.8 Å². The van der Waals surface area contributed by atoms with E-state index in [1.165, 1.54) is 0 Å². The molecule has 0 bridgehead atoms. The molecule has 1 saturated carbocycles. The number of hydrogen-bond acceptors (Lipinski definition) is 6. The van der Waals surface area contributed by atoms with Crippen molar-refractivity contribution in [1.29, 1.82) is 0 Å². The van der Waals surface area contributed by atoms with Gasteiger partial charge in [-0.15, -0.1) is 12.2 Å². The molecule has 0 spiro atoms. The maximum Gasteiger partial charge on any atom is 0.175 e. The molecule has 1 fully saturated rings. The summed E-state index contributed by atoms with van der Waals surface area (Å²) in [6.45, 7) is 7.80. The van der Waals surface area contributed by atoms with Crippen LogP contribution in [0, 0.1) is 0 Å². The Morgan fingerprint density at radius 1 is 0.611 bits per heavy atom. The summed E-state index contributed by atoms with van der Waals surface area (Å²) in [7, 11) is 0. The molecule has 1 aliphatic carbocycles. The second-order valence-electron chi connectivity index (χ2n) is 11.2. The predicted molar refractivity (Wildman–Crippen MR) is 138 cm³/mol. The van der Waals surface area contributed by atoms with Gasteiger partial charge in [0.15, 0.2) is 11.4 Å². The number of hydrogen-bond donors (Lipinski definition) is 2. The third-order valence-electron chi connectivity index (χ3n) is 7.80. The van der Waals surface area contributed by atoms with Crippen LogP contribution in [0.4, 0.5) is 11.4 Å². The van der Waals surface area contributed by atoms with E-state index in [1.54, 1.807) is 0 Å². The van der Waals surface area contributed by atoms with Crippen molar-refractivity contribution >= 4 is 32.9 Å². The van der Waals surface area contributed by atoms with Crippen molar-refractivity contribution in [2.75, 3.05) is 10.6 Å². The van der Waals surface area contributed by atoms with E-state index in [0.29, 0.717) is 0 Å². The lowest BCUT2D eigenvalue weighted by molar-refractivity contribution is -0.535. The number of benzene rings is 4. The van der Waals surface area contributed by atoms with Crippen LogP contribution in [0.5, 0.6) is 11.5 Å². The summed E-state index contributed by atoms with van der Waals surface area (Å²) in [4.78, 5) is 0. The van der Waals surface area contributed by atoms with Crippen molar-refractivity contribution in [1.82, 2.24) is 0 Å². The Morgan fingerprint density at radius 3 is 1.44 bits per heavy atom. The Bertz CT molecular complexity index is 1430. The Labute approximate surface area is 209 Å². The maximum absolute atomic E-state index is 13.9. The molecular formula is C30H28N2O4-2. The van der Waals surface area contributed by atoms with Gasteiger partial charge in [0.1, 0.15) is 11.5 Å². The highest BCUT2D eigenvalue weighted by atomic mass is 16.5. The van der Waals surface area contributed by atoms with Crippen molar-refractivity contribution < 1.29 is 19.7 Å². The minimum absolute atomic E-state index is 0.644. The second kappa shape index (κ2) is 7.05. The topological polar surface area (TPSA) is 88.6 Å². The monoisotopic (exact) mass is 480 g/mol. The lowest BCUT2D eigenvalue weighted by atomic mass is 9.62. The predicted octanol–water partition coefficient (Wildman–Crippen LogP) is 4.41. The van der Waals surface area contributed by atoms with Gasteiger partial charge < -0.3 is 30.3 Å². The molecular weight excluding hydrogens is 452 g/mol. The van der Waals surface area contributed by atoms with E-state index in [9.17, 15) is 10.2 Å². The average molecular weight is 481 g/mol. The van der Waals surface area contributed by atoms with Gasteiger partial charge in [-0.3, -0.25) is 0 Å². The van der Waals surface area contributed by atoms with E-state index in [1.807, 2.05) is 88.4 Å². The summed E-state index contributed by atoms with van der Waals surface area (Å²) in [6, 6.07) is 19.7. The molecule has 6 heteroatoms. The summed E-state index contributed by atoms with van der Waals surface area (Å²) in [5, 5.41) is 38.6. The fraction of sp³-hybridized carbons (Fsp3) is 0.333. The number of ether oxygens (including phenoxy) is 2. The quantitative estimate of drug-likeness (QED) is 0.442. The number of nitrogens with one attached hydrogen (secondary N) is 2. The normalized spacial score (nSPS) is 26.8. The highest BCUT2D eigenvalue weighted by Gasteiger charge is 2.43. The number of anilines is 2. The average Bonchev–Trinajstić information content (AvgIpc) is 2.81. The zero-order valence-corrected chi connectivity index (χ0v) is 20.7. The van der Waals surface area contributed by atoms with Crippen molar-refractivity contribution in [3.63, 3.8) is 0 Å². The summed E-state index contributed by atoms with van der Waals surface area (Å²) in [5.74, 6) is 0.253. The molecule has 0 atom stereocenters. The third kappa shape index (κ3) is 2.98. The molecule has 3 aliphatic rings. The first kappa shape index (κ1) is 21.8. The summed E-state index contributed by atoms with van der Waals surface area (Å²) >= 11 is 0. The van der Waals surface area contributed by atoms with Crippen LogP contribution in [0.3, 0.4) is 0 Å². The van der Waals surface area contributed by atoms with Gasteiger partial charge in [0, 0.05) is 10.8 Å². The molecule has 4 aromatic rings. The molecule has 2 heterocycles. The molecule has 0 unspecified atom stereocenters. The van der Waals surface area contributed by atoms with Gasteiger partial charge in [-0.05, 0) is 73.6 Å². The van der Waals surface area contributed by atoms with Crippen molar-refractivity contribution in [2.45, 2.75) is 63.2 Å². The zero-order valence-electron chi connectivity index (χ0n) is 20.7. The van der Waals surface area contributed by atoms with Gasteiger partial charge in [0.25, 0.3) is 0 Å². The molecule has 6 nitrogen and oxygen atoms in total. The molecule has 7 rings (SSSR count). The summed E-state index contributed by atoms with van der Waals surface area (Å²) in [6.07, 6.45) is -2.12. The minimum atomic E-state index is -1.06. The Kier molecular flexibility index (Phi) is 4.27. The van der Waals surface area contributed by atoms with Crippen LogP contribution < -0.4 is 30.3 Å². The largest absolute Gasteiger partial charge is 0.851 e. The first-order chi connectivity index (χ1) is 17.1. The van der Waals surface area contributed by atoms with Crippen LogP contribution in [0.1, 0.15) is 50.7 Å². The molecule has 4 aromatic carbocycles. The first-order valence-corrected chi connectivity index (χ1v) is 12.5. The standard InChI is InChI=1S/C30H28N2O4/c1-29(2)31-25-17(13-11-15-7-5-9-19(35-29)21(15)25)23-27(33)24(28(23)34)18-14-12-16-8-6-10-20-22(16)26(18)32-30(3,4)36-20/h5-14,23-24,27-28,31-32H,1-4H3/q-2. The van der Waals surface area contributed by atoms with E-state index in [2.05, 4.69) is 10.6 Å². The maximum atomic E-state index is 13.9. The molecule has 2 N–H and O–H groups in total. The molecule has 2 aliphatic heterocycles. The van der Waals surface area contributed by atoms with Crippen LogP contribution in [-0.4, -0.2) is 23.7 Å². The van der Waals surface area contributed by atoms with E-state index in [4.69, 9.17) is 9.47 Å². The molecule has 36 heavy (non-hydrogen) atoms. The van der Waals surface area contributed by atoms with Crippen LogP contribution in [0.2, 0.25) is 0 Å². The fourth-order valence-corrected chi connectivity index (χ4v) is 6.30. The van der Waals surface area contributed by atoms with Crippen LogP contribution in [-0.2, 0) is 0 Å². The smallest absolute Gasteiger partial charge is 0.175 e. The van der Waals surface area contributed by atoms with Gasteiger partial charge >= 0.3 is 0 Å². The Morgan fingerprint density at radius 2 is 1.03 bits per heavy atom. The van der Waals surface area contributed by atoms with Gasteiger partial charge in [-0.25, -0.2) is 0 Å². The number of rotatable bonds is 2. The van der Waals surface area contributed by atoms with Gasteiger partial charge in [0.2, 0.25) is 0 Å². The van der Waals surface area contributed by atoms with Gasteiger partial charge in [-0.1, -0.05) is 48.5 Å². The fourth-order valence-electron chi connectivity index (χ4n) is 6.30. The van der Waals surface area contributed by atoms with Crippen LogP contribution >= 0.6 is 0 Å². The lowest BCUT2D eigenvalue weighted by Crippen LogP contribution is -2.64. The lowest BCUT2D eigenvalue weighted by Gasteiger charge is -2.62. The van der Waals surface area contributed by atoms with E-state index in [-0.39, 0.29) is 0 Å². The van der Waals surface area contributed by atoms with E-state index >= 15 is 0 Å². The van der Waals surface area contributed by atoms with E-state index < -0.39 is 35.5 Å². The molecule has 0 aromatic heterocycles. The third-order valence-corrected chi connectivity index (χ3v) is 7.80. The SMILES string of the molecule is CC1(C)Nc2c(C3C([O-])C(c4ccc5cccc6c5c4NC(C)(C)O6)C3[O-])ccc3cccc(c23)O1. The minimum Gasteiger partial charge on any atom is -0.851 e. The summed E-state index contributed by atoms with van der Waals surface area (Å²) < 4.78 is 12.3. The van der Waals surface area contributed by atoms with Crippen LogP contribution in [0.25, 0.3) is 21.5 Å². The highest BCUT2D eigenvalue weighted by Crippen LogP contribution is 2.54. The molecule has 0 saturated heterocycles. The van der Waals surface area contributed by atoms with Crippen molar-refractivity contribution in [2.24, 2.45) is 0 Å². The first-order valence-electron chi connectivity index (χ1n) is 12.5. The van der Waals surface area contributed by atoms with Gasteiger partial charge in [0.05, 0.1) is 11.4 Å². The molecule has 184 valence electrons. The Hall–Kier alpha value is -3.48. The molecule has 0 amide bonds. The zero-order chi connectivity index (χ0) is 25.0. The highest BCUT2D eigenvalue weighted by molar-refractivity contribution is 6.03. The van der Waals surface area contributed by atoms with E-state index in [0.717, 1.165) is 55.5 Å². The van der Waals surface area contributed by atoms with Gasteiger partial charge in [-0.2, -0.15) is 0 Å². The molecule has 0 radical (unpaired) electrons. The van der Waals surface area contributed by atoms with Crippen molar-refractivity contribution in [3.8, 4) is 11.5 Å². The van der Waals surface area contributed by atoms with Crippen LogP contribution in [0.15, 0.2) is 60.7 Å². The Balaban J connectivity index is 1.33.